The maximum atomic E-state index is 12.3. The fraction of sp³-hybridized carbons (Fsp3) is 0.136. The summed E-state index contributed by atoms with van der Waals surface area (Å²) in [4.78, 5) is 12.3. The summed E-state index contributed by atoms with van der Waals surface area (Å²) < 4.78 is 5.15. The maximum Gasteiger partial charge on any atom is 0.255 e. The van der Waals surface area contributed by atoms with E-state index in [4.69, 9.17) is 4.74 Å². The molecule has 0 aliphatic rings. The second kappa shape index (κ2) is 8.21. The van der Waals surface area contributed by atoms with Crippen LogP contribution in [0.2, 0.25) is 0 Å². The third-order valence-corrected chi connectivity index (χ3v) is 4.22. The molecule has 0 heterocycles. The molecule has 132 valence electrons. The Morgan fingerprint density at radius 3 is 2.38 bits per heavy atom. The number of amides is 1. The van der Waals surface area contributed by atoms with Crippen molar-refractivity contribution in [3.63, 3.8) is 0 Å². The number of benzene rings is 3. The van der Waals surface area contributed by atoms with E-state index in [1.165, 1.54) is 11.1 Å². The first-order valence-corrected chi connectivity index (χ1v) is 8.49. The maximum absolute atomic E-state index is 12.3. The van der Waals surface area contributed by atoms with Crippen LogP contribution in [0, 0.1) is 6.92 Å². The Kier molecular flexibility index (Phi) is 5.54. The molecule has 0 radical (unpaired) electrons. The molecular formula is C22H22N2O2. The first-order chi connectivity index (χ1) is 12.7. The van der Waals surface area contributed by atoms with Gasteiger partial charge in [-0.1, -0.05) is 30.3 Å². The molecule has 0 aromatic heterocycles. The normalized spacial score (nSPS) is 10.2. The Hall–Kier alpha value is -3.27. The van der Waals surface area contributed by atoms with Crippen LogP contribution in [0.5, 0.6) is 5.75 Å². The first kappa shape index (κ1) is 17.5. The highest BCUT2D eigenvalue weighted by molar-refractivity contribution is 6.04. The van der Waals surface area contributed by atoms with Gasteiger partial charge in [0, 0.05) is 23.5 Å². The summed E-state index contributed by atoms with van der Waals surface area (Å²) in [5.41, 5.74) is 4.85. The van der Waals surface area contributed by atoms with Crippen LogP contribution in [-0.4, -0.2) is 13.0 Å². The van der Waals surface area contributed by atoms with Gasteiger partial charge in [-0.25, -0.2) is 0 Å². The van der Waals surface area contributed by atoms with Crippen LogP contribution < -0.4 is 15.4 Å². The average molecular weight is 346 g/mol. The molecule has 3 aromatic carbocycles. The fourth-order valence-electron chi connectivity index (χ4n) is 2.64. The Balaban J connectivity index is 1.60. The molecule has 0 aliphatic carbocycles. The van der Waals surface area contributed by atoms with Crippen molar-refractivity contribution in [2.24, 2.45) is 0 Å². The molecule has 0 saturated carbocycles. The molecule has 1 amide bonds. The molecule has 0 atom stereocenters. The van der Waals surface area contributed by atoms with E-state index in [1.807, 2.05) is 42.5 Å². The number of methoxy groups -OCH3 is 1. The van der Waals surface area contributed by atoms with Crippen LogP contribution in [0.1, 0.15) is 21.5 Å². The third-order valence-electron chi connectivity index (χ3n) is 4.22. The highest BCUT2D eigenvalue weighted by atomic mass is 16.5. The number of carbonyl (C=O) groups excluding carboxylic acids is 1. The van der Waals surface area contributed by atoms with Gasteiger partial charge < -0.3 is 15.4 Å². The zero-order valence-electron chi connectivity index (χ0n) is 15.0. The summed E-state index contributed by atoms with van der Waals surface area (Å²) in [6.45, 7) is 2.87. The van der Waals surface area contributed by atoms with Crippen LogP contribution in [0.3, 0.4) is 0 Å². The number of aryl methyl sites for hydroxylation is 1. The van der Waals surface area contributed by atoms with Crippen LogP contribution >= 0.6 is 0 Å². The number of nitrogens with one attached hydrogen (secondary N) is 2. The van der Waals surface area contributed by atoms with Crippen LogP contribution in [0.4, 0.5) is 11.4 Å². The van der Waals surface area contributed by atoms with Crippen molar-refractivity contribution in [1.82, 2.24) is 0 Å². The number of hydrogen-bond acceptors (Lipinski definition) is 3. The molecule has 4 heteroatoms. The number of anilines is 2. The quantitative estimate of drug-likeness (QED) is 0.669. The van der Waals surface area contributed by atoms with Gasteiger partial charge in [-0.3, -0.25) is 4.79 Å². The molecule has 0 bridgehead atoms. The van der Waals surface area contributed by atoms with E-state index in [9.17, 15) is 4.79 Å². The van der Waals surface area contributed by atoms with Gasteiger partial charge in [-0.05, 0) is 60.5 Å². The molecule has 26 heavy (non-hydrogen) atoms. The SMILES string of the molecule is COc1cccc(C(=O)Nc2ccc(NCc3ccccc3C)cc2)c1. The van der Waals surface area contributed by atoms with Crippen molar-refractivity contribution < 1.29 is 9.53 Å². The lowest BCUT2D eigenvalue weighted by atomic mass is 10.1. The van der Waals surface area contributed by atoms with E-state index < -0.39 is 0 Å². The summed E-state index contributed by atoms with van der Waals surface area (Å²) in [5, 5.41) is 6.30. The van der Waals surface area contributed by atoms with Gasteiger partial charge >= 0.3 is 0 Å². The van der Waals surface area contributed by atoms with E-state index in [-0.39, 0.29) is 5.91 Å². The predicted octanol–water partition coefficient (Wildman–Crippen LogP) is 4.87. The van der Waals surface area contributed by atoms with Gasteiger partial charge in [0.1, 0.15) is 5.75 Å². The summed E-state index contributed by atoms with van der Waals surface area (Å²) >= 11 is 0. The highest BCUT2D eigenvalue weighted by Gasteiger charge is 2.07. The molecule has 0 aliphatic heterocycles. The number of carbonyl (C=O) groups is 1. The van der Waals surface area contributed by atoms with Crippen LogP contribution in [-0.2, 0) is 6.54 Å². The van der Waals surface area contributed by atoms with Gasteiger partial charge in [0.15, 0.2) is 0 Å². The second-order valence-electron chi connectivity index (χ2n) is 6.04. The van der Waals surface area contributed by atoms with Crippen molar-refractivity contribution in [1.29, 1.82) is 0 Å². The number of ether oxygens (including phenoxy) is 1. The summed E-state index contributed by atoms with van der Waals surface area (Å²) in [6.07, 6.45) is 0. The summed E-state index contributed by atoms with van der Waals surface area (Å²) in [6, 6.07) is 23.1. The number of rotatable bonds is 6. The molecule has 2 N–H and O–H groups in total. The van der Waals surface area contributed by atoms with Crippen LogP contribution in [0.15, 0.2) is 72.8 Å². The molecule has 0 spiro atoms. The van der Waals surface area contributed by atoms with Crippen molar-refractivity contribution in [3.05, 3.63) is 89.5 Å². The molecule has 0 unspecified atom stereocenters. The Bertz CT molecular complexity index is 889. The Labute approximate surface area is 153 Å². The van der Waals surface area contributed by atoms with Crippen molar-refractivity contribution in [3.8, 4) is 5.75 Å². The lowest BCUT2D eigenvalue weighted by molar-refractivity contribution is 0.102. The van der Waals surface area contributed by atoms with Gasteiger partial charge in [0.25, 0.3) is 5.91 Å². The van der Waals surface area contributed by atoms with E-state index in [0.29, 0.717) is 11.3 Å². The highest BCUT2D eigenvalue weighted by Crippen LogP contribution is 2.18. The minimum atomic E-state index is -0.162. The Morgan fingerprint density at radius 1 is 0.923 bits per heavy atom. The summed E-state index contributed by atoms with van der Waals surface area (Å²) in [7, 11) is 1.58. The van der Waals surface area contributed by atoms with Crippen LogP contribution in [0.25, 0.3) is 0 Å². The molecule has 3 aromatic rings. The van der Waals surface area contributed by atoms with E-state index in [2.05, 4.69) is 29.7 Å². The summed E-state index contributed by atoms with van der Waals surface area (Å²) in [5.74, 6) is 0.498. The zero-order valence-corrected chi connectivity index (χ0v) is 15.0. The monoisotopic (exact) mass is 346 g/mol. The second-order valence-corrected chi connectivity index (χ2v) is 6.04. The van der Waals surface area contributed by atoms with Crippen molar-refractivity contribution in [2.45, 2.75) is 13.5 Å². The molecular weight excluding hydrogens is 324 g/mol. The van der Waals surface area contributed by atoms with Gasteiger partial charge in [0.2, 0.25) is 0 Å². The fourth-order valence-corrected chi connectivity index (χ4v) is 2.64. The van der Waals surface area contributed by atoms with Crippen molar-refractivity contribution in [2.75, 3.05) is 17.7 Å². The topological polar surface area (TPSA) is 50.4 Å². The molecule has 4 nitrogen and oxygen atoms in total. The zero-order chi connectivity index (χ0) is 18.4. The third kappa shape index (κ3) is 4.42. The predicted molar refractivity (Wildman–Crippen MR) is 106 cm³/mol. The van der Waals surface area contributed by atoms with Gasteiger partial charge in [-0.15, -0.1) is 0 Å². The lowest BCUT2D eigenvalue weighted by Crippen LogP contribution is -2.11. The van der Waals surface area contributed by atoms with E-state index >= 15 is 0 Å². The molecule has 0 fully saturated rings. The minimum absolute atomic E-state index is 0.162. The molecule has 0 saturated heterocycles. The van der Waals surface area contributed by atoms with Gasteiger partial charge in [-0.2, -0.15) is 0 Å². The number of hydrogen-bond donors (Lipinski definition) is 2. The Morgan fingerprint density at radius 2 is 1.65 bits per heavy atom. The largest absolute Gasteiger partial charge is 0.497 e. The lowest BCUT2D eigenvalue weighted by Gasteiger charge is -2.10. The van der Waals surface area contributed by atoms with E-state index in [1.54, 1.807) is 25.3 Å². The standard InChI is InChI=1S/C22H22N2O2/c1-16-6-3-4-7-18(16)15-23-19-10-12-20(13-11-19)24-22(25)17-8-5-9-21(14-17)26-2/h3-14,23H,15H2,1-2H3,(H,24,25). The van der Waals surface area contributed by atoms with E-state index in [0.717, 1.165) is 17.9 Å². The minimum Gasteiger partial charge on any atom is -0.497 e. The first-order valence-electron chi connectivity index (χ1n) is 8.49. The molecule has 3 rings (SSSR count). The van der Waals surface area contributed by atoms with Crippen molar-refractivity contribution >= 4 is 17.3 Å². The average Bonchev–Trinajstić information content (AvgIpc) is 2.68. The smallest absolute Gasteiger partial charge is 0.255 e. The van der Waals surface area contributed by atoms with Gasteiger partial charge in [0.05, 0.1) is 7.11 Å².